The standard InChI is InChI=1S/C22H22FNO4S/c23-22(20(25)29-21(26)24-22)17-6-3-7-18(14-17)27-11-4-12-28-19-8-2-1-5-16(19)13-15-9-10-15/h1-3,5-8,14-15H,4,9-13H2,(H,24,26). The number of halogens is 1. The number of thioether (sulfide) groups is 1. The number of hydrogen-bond acceptors (Lipinski definition) is 5. The molecule has 2 aromatic rings. The highest BCUT2D eigenvalue weighted by Crippen LogP contribution is 2.37. The first kappa shape index (κ1) is 19.8. The number of carbonyl (C=O) groups is 2. The maximum atomic E-state index is 14.9. The summed E-state index contributed by atoms with van der Waals surface area (Å²) in [4.78, 5) is 23.1. The second-order valence-electron chi connectivity index (χ2n) is 7.29. The second kappa shape index (κ2) is 8.45. The molecule has 0 aromatic heterocycles. The SMILES string of the molecule is O=C1NC(F)(c2cccc(OCCCOc3ccccc3CC3CC3)c2)C(=O)S1. The van der Waals surface area contributed by atoms with Crippen LogP contribution >= 0.6 is 11.8 Å². The van der Waals surface area contributed by atoms with E-state index >= 15 is 0 Å². The third-order valence-corrected chi connectivity index (χ3v) is 5.72. The predicted molar refractivity (Wildman–Crippen MR) is 109 cm³/mol. The molecule has 1 aliphatic heterocycles. The Labute approximate surface area is 173 Å². The molecule has 5 nitrogen and oxygen atoms in total. The summed E-state index contributed by atoms with van der Waals surface area (Å²) in [6.07, 6.45) is 4.33. The van der Waals surface area contributed by atoms with Crippen molar-refractivity contribution in [3.05, 3.63) is 59.7 Å². The molecule has 1 heterocycles. The zero-order valence-corrected chi connectivity index (χ0v) is 16.7. The normalized spacial score (nSPS) is 21.1. The molecule has 2 fully saturated rings. The summed E-state index contributed by atoms with van der Waals surface area (Å²) in [6, 6.07) is 14.3. The minimum atomic E-state index is -2.50. The molecular weight excluding hydrogens is 393 g/mol. The minimum Gasteiger partial charge on any atom is -0.493 e. The molecule has 1 saturated carbocycles. The summed E-state index contributed by atoms with van der Waals surface area (Å²) in [6.45, 7) is 0.905. The summed E-state index contributed by atoms with van der Waals surface area (Å²) in [5.41, 5.74) is 1.31. The Bertz CT molecular complexity index is 917. The van der Waals surface area contributed by atoms with Crippen LogP contribution in [-0.2, 0) is 17.0 Å². The van der Waals surface area contributed by atoms with E-state index in [0.717, 1.165) is 18.1 Å². The van der Waals surface area contributed by atoms with Crippen LogP contribution in [0, 0.1) is 5.92 Å². The first-order valence-electron chi connectivity index (χ1n) is 9.72. The molecule has 152 valence electrons. The molecule has 1 saturated heterocycles. The second-order valence-corrected chi connectivity index (χ2v) is 8.24. The number of carbonyl (C=O) groups excluding carboxylic acids is 2. The van der Waals surface area contributed by atoms with E-state index in [1.165, 1.54) is 30.5 Å². The molecule has 0 spiro atoms. The fourth-order valence-corrected chi connectivity index (χ4v) is 3.91. The van der Waals surface area contributed by atoms with Gasteiger partial charge in [0, 0.05) is 23.7 Å². The molecule has 1 N–H and O–H groups in total. The van der Waals surface area contributed by atoms with E-state index in [1.54, 1.807) is 12.1 Å². The van der Waals surface area contributed by atoms with Gasteiger partial charge in [-0.15, -0.1) is 0 Å². The zero-order valence-electron chi connectivity index (χ0n) is 15.9. The molecule has 4 rings (SSSR count). The molecule has 1 amide bonds. The van der Waals surface area contributed by atoms with Crippen LogP contribution in [0.1, 0.15) is 30.4 Å². The number of para-hydroxylation sites is 1. The molecule has 1 unspecified atom stereocenters. The van der Waals surface area contributed by atoms with Gasteiger partial charge in [0.2, 0.25) is 0 Å². The van der Waals surface area contributed by atoms with Crippen molar-refractivity contribution in [1.29, 1.82) is 0 Å². The molecule has 7 heteroatoms. The Kier molecular flexibility index (Phi) is 5.76. The van der Waals surface area contributed by atoms with Crippen LogP contribution in [0.15, 0.2) is 48.5 Å². The summed E-state index contributed by atoms with van der Waals surface area (Å²) in [5, 5.41) is 0.519. The maximum Gasteiger partial charge on any atom is 0.289 e. The van der Waals surface area contributed by atoms with Gasteiger partial charge in [0.1, 0.15) is 11.5 Å². The van der Waals surface area contributed by atoms with Crippen molar-refractivity contribution in [1.82, 2.24) is 5.32 Å². The third kappa shape index (κ3) is 4.72. The molecule has 0 radical (unpaired) electrons. The van der Waals surface area contributed by atoms with E-state index < -0.39 is 16.1 Å². The lowest BCUT2D eigenvalue weighted by Crippen LogP contribution is -2.38. The summed E-state index contributed by atoms with van der Waals surface area (Å²) < 4.78 is 26.4. The van der Waals surface area contributed by atoms with Crippen molar-refractivity contribution in [2.45, 2.75) is 31.5 Å². The van der Waals surface area contributed by atoms with Crippen molar-refractivity contribution in [2.75, 3.05) is 13.2 Å². The van der Waals surface area contributed by atoms with Gasteiger partial charge < -0.3 is 14.8 Å². The molecule has 2 aromatic carbocycles. The Morgan fingerprint density at radius 2 is 1.86 bits per heavy atom. The van der Waals surface area contributed by atoms with E-state index in [2.05, 4.69) is 11.4 Å². The van der Waals surface area contributed by atoms with Crippen LogP contribution < -0.4 is 14.8 Å². The van der Waals surface area contributed by atoms with Gasteiger partial charge in [-0.05, 0) is 48.9 Å². The number of rotatable bonds is 9. The van der Waals surface area contributed by atoms with Crippen molar-refractivity contribution in [2.24, 2.45) is 5.92 Å². The lowest BCUT2D eigenvalue weighted by molar-refractivity contribution is -0.122. The van der Waals surface area contributed by atoms with Crippen LogP contribution in [0.3, 0.4) is 0 Å². The topological polar surface area (TPSA) is 64.6 Å². The van der Waals surface area contributed by atoms with Gasteiger partial charge in [-0.2, -0.15) is 0 Å². The van der Waals surface area contributed by atoms with E-state index in [1.807, 2.05) is 18.2 Å². The smallest absolute Gasteiger partial charge is 0.289 e. The summed E-state index contributed by atoms with van der Waals surface area (Å²) >= 11 is 0.338. The van der Waals surface area contributed by atoms with Crippen LogP contribution in [-0.4, -0.2) is 23.6 Å². The van der Waals surface area contributed by atoms with Gasteiger partial charge in [0.15, 0.2) is 0 Å². The average molecular weight is 415 g/mol. The number of amides is 1. The number of benzene rings is 2. The van der Waals surface area contributed by atoms with Gasteiger partial charge >= 0.3 is 0 Å². The number of ether oxygens (including phenoxy) is 2. The lowest BCUT2D eigenvalue weighted by atomic mass is 10.1. The maximum absolute atomic E-state index is 14.9. The van der Waals surface area contributed by atoms with Crippen molar-refractivity contribution >= 4 is 22.1 Å². The van der Waals surface area contributed by atoms with Gasteiger partial charge in [0.05, 0.1) is 13.2 Å². The summed E-state index contributed by atoms with van der Waals surface area (Å²) in [7, 11) is 0. The number of nitrogens with one attached hydrogen (secondary N) is 1. The Hall–Kier alpha value is -2.54. The summed E-state index contributed by atoms with van der Waals surface area (Å²) in [5.74, 6) is -0.347. The molecule has 2 aliphatic rings. The zero-order chi connectivity index (χ0) is 20.3. The largest absolute Gasteiger partial charge is 0.493 e. The van der Waals surface area contributed by atoms with Gasteiger partial charge in [-0.1, -0.05) is 30.3 Å². The van der Waals surface area contributed by atoms with Crippen molar-refractivity contribution in [3.8, 4) is 11.5 Å². The van der Waals surface area contributed by atoms with E-state index in [-0.39, 0.29) is 5.56 Å². The Morgan fingerprint density at radius 3 is 2.62 bits per heavy atom. The molecule has 1 aliphatic carbocycles. The van der Waals surface area contributed by atoms with Gasteiger partial charge in [-0.3, -0.25) is 9.59 Å². The highest BCUT2D eigenvalue weighted by Gasteiger charge is 2.49. The number of hydrogen-bond donors (Lipinski definition) is 1. The van der Waals surface area contributed by atoms with Crippen LogP contribution in [0.2, 0.25) is 0 Å². The Morgan fingerprint density at radius 1 is 1.07 bits per heavy atom. The molecule has 0 bridgehead atoms. The lowest BCUT2D eigenvalue weighted by Gasteiger charge is -2.18. The highest BCUT2D eigenvalue weighted by molar-refractivity contribution is 8.26. The quantitative estimate of drug-likeness (QED) is 0.479. The van der Waals surface area contributed by atoms with Crippen LogP contribution in [0.4, 0.5) is 9.18 Å². The Balaban J connectivity index is 1.27. The van der Waals surface area contributed by atoms with Crippen molar-refractivity contribution < 1.29 is 23.5 Å². The first-order chi connectivity index (χ1) is 14.0. The highest BCUT2D eigenvalue weighted by atomic mass is 32.2. The van der Waals surface area contributed by atoms with Gasteiger partial charge in [0.25, 0.3) is 16.1 Å². The number of alkyl halides is 1. The molecule has 29 heavy (non-hydrogen) atoms. The van der Waals surface area contributed by atoms with E-state index in [4.69, 9.17) is 9.47 Å². The van der Waals surface area contributed by atoms with E-state index in [0.29, 0.717) is 37.1 Å². The van der Waals surface area contributed by atoms with E-state index in [9.17, 15) is 14.0 Å². The fourth-order valence-electron chi connectivity index (χ4n) is 3.24. The van der Waals surface area contributed by atoms with Crippen LogP contribution in [0.25, 0.3) is 0 Å². The minimum absolute atomic E-state index is 0.0589. The predicted octanol–water partition coefficient (Wildman–Crippen LogP) is 4.59. The van der Waals surface area contributed by atoms with Gasteiger partial charge in [-0.25, -0.2) is 4.39 Å². The monoisotopic (exact) mass is 415 g/mol. The first-order valence-corrected chi connectivity index (χ1v) is 10.5. The average Bonchev–Trinajstić information content (AvgIpc) is 3.48. The molecule has 1 atom stereocenters. The van der Waals surface area contributed by atoms with Crippen molar-refractivity contribution in [3.63, 3.8) is 0 Å². The fraction of sp³-hybridized carbons (Fsp3) is 0.364. The molecular formula is C22H22FNO4S. The third-order valence-electron chi connectivity index (χ3n) is 4.97. The van der Waals surface area contributed by atoms with Crippen LogP contribution in [0.5, 0.6) is 11.5 Å².